The number of aromatic nitrogens is 4. The van der Waals surface area contributed by atoms with E-state index in [1.54, 1.807) is 24.3 Å². The summed E-state index contributed by atoms with van der Waals surface area (Å²) < 4.78 is 0. The van der Waals surface area contributed by atoms with E-state index in [9.17, 15) is 20.2 Å². The molecule has 8 rings (SSSR count). The van der Waals surface area contributed by atoms with Crippen molar-refractivity contribution in [2.75, 3.05) is 0 Å². The first-order valence-corrected chi connectivity index (χ1v) is 16.5. The lowest BCUT2D eigenvalue weighted by Crippen LogP contribution is -3.00. The molecule has 6 aromatic carbocycles. The fourth-order valence-electron chi connectivity index (χ4n) is 5.94. The van der Waals surface area contributed by atoms with Crippen LogP contribution in [0.4, 0.5) is 11.4 Å². The largest absolute Gasteiger partial charge is 1.00 e. The minimum Gasteiger partial charge on any atom is -1.00 e. The zero-order valence-corrected chi connectivity index (χ0v) is 30.0. The summed E-state index contributed by atoms with van der Waals surface area (Å²) in [5.41, 5.74) is 9.53. The number of halogens is 2. The summed E-state index contributed by atoms with van der Waals surface area (Å²) in [5.74, 6) is 1.46. The molecule has 0 spiro atoms. The second-order valence-electron chi connectivity index (χ2n) is 11.8. The summed E-state index contributed by atoms with van der Waals surface area (Å²) in [7, 11) is 0. The molecule has 10 nitrogen and oxygen atoms in total. The summed E-state index contributed by atoms with van der Waals surface area (Å²) in [6.07, 6.45) is 0. The number of rotatable bonds is 8. The van der Waals surface area contributed by atoms with Crippen molar-refractivity contribution in [1.82, 2.24) is 9.97 Å². The van der Waals surface area contributed by atoms with Crippen LogP contribution >= 0.6 is 0 Å². The second-order valence-corrected chi connectivity index (χ2v) is 11.8. The second kappa shape index (κ2) is 17.6. The molecule has 0 saturated heterocycles. The Hall–Kier alpha value is -6.88. The molecule has 8 aromatic rings. The van der Waals surface area contributed by atoms with E-state index in [0.717, 1.165) is 67.8 Å². The number of H-pyrrole nitrogens is 4. The molecule has 0 aliphatic heterocycles. The van der Waals surface area contributed by atoms with Gasteiger partial charge >= 0.3 is 0 Å². The number of nitro groups is 2. The molecule has 0 aliphatic carbocycles. The molecule has 268 valence electrons. The van der Waals surface area contributed by atoms with Crippen molar-refractivity contribution >= 4 is 11.4 Å². The van der Waals surface area contributed by atoms with E-state index >= 15 is 0 Å². The van der Waals surface area contributed by atoms with Crippen LogP contribution in [0.15, 0.2) is 170 Å². The van der Waals surface area contributed by atoms with Crippen LogP contribution in [0, 0.1) is 20.2 Å². The number of non-ortho nitro benzene ring substituents is 2. The van der Waals surface area contributed by atoms with Crippen LogP contribution in [-0.4, -0.2) is 19.8 Å². The summed E-state index contributed by atoms with van der Waals surface area (Å²) in [4.78, 5) is 35.0. The van der Waals surface area contributed by atoms with Crippen molar-refractivity contribution in [2.45, 2.75) is 0 Å². The molecular weight excluding hydrogens is 723 g/mol. The van der Waals surface area contributed by atoms with Gasteiger partial charge < -0.3 is 24.8 Å². The Morgan fingerprint density at radius 2 is 0.685 bits per heavy atom. The van der Waals surface area contributed by atoms with E-state index in [-0.39, 0.29) is 46.0 Å². The molecule has 0 fully saturated rings. The van der Waals surface area contributed by atoms with Gasteiger partial charge in [-0.25, -0.2) is 19.9 Å². The van der Waals surface area contributed by atoms with E-state index in [2.05, 4.69) is 19.9 Å². The van der Waals surface area contributed by atoms with Crippen molar-refractivity contribution in [3.05, 3.63) is 190 Å². The van der Waals surface area contributed by atoms with Gasteiger partial charge in [0.25, 0.3) is 23.0 Å². The Kier molecular flexibility index (Phi) is 12.5. The molecule has 0 bridgehead atoms. The Balaban J connectivity index is 0.000000200. The first kappa shape index (κ1) is 38.4. The zero-order valence-electron chi connectivity index (χ0n) is 28.4. The van der Waals surface area contributed by atoms with Gasteiger partial charge in [-0.3, -0.25) is 20.2 Å². The topological polar surface area (TPSA) is 146 Å². The fourth-order valence-corrected chi connectivity index (χ4v) is 5.94. The minimum absolute atomic E-state index is 0. The van der Waals surface area contributed by atoms with Crippen LogP contribution in [-0.2, 0) is 0 Å². The van der Waals surface area contributed by atoms with Gasteiger partial charge in [-0.15, -0.1) is 0 Å². The predicted octanol–water partition coefficient (Wildman–Crippen LogP) is 3.48. The number of aromatic amines is 4. The van der Waals surface area contributed by atoms with E-state index < -0.39 is 0 Å². The number of imidazole rings is 2. The average Bonchev–Trinajstić information content (AvgIpc) is 3.86. The predicted molar refractivity (Wildman–Crippen MR) is 201 cm³/mol. The Labute approximate surface area is 322 Å². The third-order valence-corrected chi connectivity index (χ3v) is 8.44. The van der Waals surface area contributed by atoms with Crippen LogP contribution < -0.4 is 34.8 Å². The number of hydrogen-bond donors (Lipinski definition) is 2. The summed E-state index contributed by atoms with van der Waals surface area (Å²) in [6, 6.07) is 53.2. The normalized spacial score (nSPS) is 10.2. The van der Waals surface area contributed by atoms with Gasteiger partial charge in [-0.05, 0) is 12.1 Å². The maximum absolute atomic E-state index is 11.1. The van der Waals surface area contributed by atoms with Crippen molar-refractivity contribution in [3.63, 3.8) is 0 Å². The van der Waals surface area contributed by atoms with Crippen LogP contribution in [0.1, 0.15) is 0 Å². The van der Waals surface area contributed by atoms with Gasteiger partial charge in [0, 0.05) is 46.5 Å². The molecule has 12 heteroatoms. The lowest BCUT2D eigenvalue weighted by molar-refractivity contribution is -0.385. The number of nitrogens with one attached hydrogen (secondary N) is 4. The average molecular weight is 756 g/mol. The van der Waals surface area contributed by atoms with Crippen molar-refractivity contribution in [2.24, 2.45) is 0 Å². The molecule has 0 unspecified atom stereocenters. The van der Waals surface area contributed by atoms with Crippen molar-refractivity contribution in [1.29, 1.82) is 0 Å². The molecule has 54 heavy (non-hydrogen) atoms. The van der Waals surface area contributed by atoms with Gasteiger partial charge in [-0.2, -0.15) is 0 Å². The first-order chi connectivity index (χ1) is 25.4. The lowest BCUT2D eigenvalue weighted by Gasteiger charge is -1.98. The lowest BCUT2D eigenvalue weighted by atomic mass is 10.1. The summed E-state index contributed by atoms with van der Waals surface area (Å²) >= 11 is 0. The van der Waals surface area contributed by atoms with E-state index in [4.69, 9.17) is 0 Å². The highest BCUT2D eigenvalue weighted by atomic mass is 35.5. The number of nitro benzene ring substituents is 2. The molecule has 0 atom stereocenters. The third kappa shape index (κ3) is 8.59. The monoisotopic (exact) mass is 754 g/mol. The summed E-state index contributed by atoms with van der Waals surface area (Å²) in [5, 5.41) is 22.2. The van der Waals surface area contributed by atoms with Gasteiger partial charge in [0.05, 0.1) is 21.0 Å². The third-order valence-electron chi connectivity index (χ3n) is 8.44. The highest BCUT2D eigenvalue weighted by Crippen LogP contribution is 2.32. The SMILES string of the molecule is O=[N+]([O-])c1cccc(-c2[nH]c(-c3ccccc3)c(-c3ccccc3)[nH+]2)c1.O=[N+]([O-])c1cccc(-c2[nH]c(-c3ccccc3)c(-c3ccccc3)[nH+]2)c1.[Cl-].[Cl-]. The van der Waals surface area contributed by atoms with Crippen LogP contribution in [0.25, 0.3) is 67.8 Å². The van der Waals surface area contributed by atoms with E-state index in [1.807, 2.05) is 133 Å². The minimum atomic E-state index is -0.386. The number of benzene rings is 6. The van der Waals surface area contributed by atoms with E-state index in [0.29, 0.717) is 0 Å². The Morgan fingerprint density at radius 1 is 0.389 bits per heavy atom. The van der Waals surface area contributed by atoms with Gasteiger partial charge in [0.2, 0.25) is 0 Å². The maximum Gasteiger partial charge on any atom is 0.285 e. The van der Waals surface area contributed by atoms with Gasteiger partial charge in [0.1, 0.15) is 0 Å². The highest BCUT2D eigenvalue weighted by molar-refractivity contribution is 5.79. The van der Waals surface area contributed by atoms with Crippen LogP contribution in [0.5, 0.6) is 0 Å². The molecule has 2 aromatic heterocycles. The molecular formula is C42H32Cl2N6O4. The molecule has 2 heterocycles. The van der Waals surface area contributed by atoms with E-state index in [1.165, 1.54) is 12.1 Å². The molecule has 0 radical (unpaired) electrons. The maximum atomic E-state index is 11.1. The smallest absolute Gasteiger partial charge is 0.285 e. The molecule has 0 aliphatic rings. The zero-order chi connectivity index (χ0) is 35.9. The Morgan fingerprint density at radius 3 is 1.00 bits per heavy atom. The molecule has 0 amide bonds. The van der Waals surface area contributed by atoms with Gasteiger partial charge in [0.15, 0.2) is 22.8 Å². The van der Waals surface area contributed by atoms with Crippen LogP contribution in [0.2, 0.25) is 0 Å². The first-order valence-electron chi connectivity index (χ1n) is 16.5. The number of hydrogen-bond acceptors (Lipinski definition) is 4. The van der Waals surface area contributed by atoms with Crippen LogP contribution in [0.3, 0.4) is 0 Å². The van der Waals surface area contributed by atoms with Gasteiger partial charge in [-0.1, -0.05) is 133 Å². The quantitative estimate of drug-likeness (QED) is 0.181. The Bertz CT molecular complexity index is 2190. The highest BCUT2D eigenvalue weighted by Gasteiger charge is 2.24. The molecule has 4 N–H and O–H groups in total. The fraction of sp³-hybridized carbons (Fsp3) is 0. The van der Waals surface area contributed by atoms with Crippen molar-refractivity contribution in [3.8, 4) is 67.8 Å². The standard InChI is InChI=1S/2C21H15N3O2.2ClH/c2*25-24(26)18-13-7-12-17(14-18)21-22-19(15-8-3-1-4-9-15)20(23-21)16-10-5-2-6-11-16;;/h2*1-14H,(H,22,23);2*1H. The molecule has 0 saturated carbocycles. The number of nitrogens with zero attached hydrogens (tertiary/aromatic N) is 2. The summed E-state index contributed by atoms with van der Waals surface area (Å²) in [6.45, 7) is 0. The van der Waals surface area contributed by atoms with Crippen molar-refractivity contribution < 1.29 is 44.6 Å².